The minimum absolute atomic E-state index is 0.246. The highest BCUT2D eigenvalue weighted by Crippen LogP contribution is 2.33. The molecule has 2 N–H and O–H groups in total. The predicted molar refractivity (Wildman–Crippen MR) is 59.1 cm³/mol. The topological polar surface area (TPSA) is 75.5 Å². The number of hydrogen-bond donors (Lipinski definition) is 2. The van der Waals surface area contributed by atoms with E-state index in [4.69, 9.17) is 4.74 Å². The van der Waals surface area contributed by atoms with Gasteiger partial charge in [-0.25, -0.2) is 4.98 Å². The van der Waals surface area contributed by atoms with Crippen molar-refractivity contribution in [3.63, 3.8) is 0 Å². The van der Waals surface area contributed by atoms with Gasteiger partial charge in [0.2, 0.25) is 5.88 Å². The molecule has 0 saturated carbocycles. The zero-order valence-electron chi connectivity index (χ0n) is 9.84. The molecule has 0 saturated heterocycles. The van der Waals surface area contributed by atoms with Crippen molar-refractivity contribution in [3.05, 3.63) is 18.1 Å². The normalized spacial score (nSPS) is 13.6. The van der Waals surface area contributed by atoms with E-state index in [0.717, 1.165) is 0 Å². The van der Waals surface area contributed by atoms with Crippen molar-refractivity contribution in [2.24, 2.45) is 0 Å². The molecule has 1 heterocycles. The summed E-state index contributed by atoms with van der Waals surface area (Å²) in [6, 6.07) is 0. The van der Waals surface area contributed by atoms with Gasteiger partial charge in [0.15, 0.2) is 0 Å². The summed E-state index contributed by atoms with van der Waals surface area (Å²) in [6.45, 7) is 3.63. The number of hydrogen-bond acceptors (Lipinski definition) is 5. The number of ether oxygens (including phenoxy) is 1. The van der Waals surface area contributed by atoms with Crippen molar-refractivity contribution in [2.45, 2.75) is 38.4 Å². The molecule has 1 rings (SSSR count). The maximum Gasteiger partial charge on any atom is 0.238 e. The molecule has 0 aliphatic rings. The molecule has 0 bridgehead atoms. The highest BCUT2D eigenvalue weighted by molar-refractivity contribution is 5.22. The van der Waals surface area contributed by atoms with E-state index in [9.17, 15) is 10.2 Å². The van der Waals surface area contributed by atoms with Gasteiger partial charge in [-0.2, -0.15) is 0 Å². The van der Waals surface area contributed by atoms with E-state index in [1.54, 1.807) is 0 Å². The smallest absolute Gasteiger partial charge is 0.238 e. The van der Waals surface area contributed by atoms with Crippen LogP contribution in [-0.4, -0.2) is 32.9 Å². The highest BCUT2D eigenvalue weighted by atomic mass is 16.5. The van der Waals surface area contributed by atoms with Gasteiger partial charge in [0.25, 0.3) is 0 Å². The summed E-state index contributed by atoms with van der Waals surface area (Å²) in [5.74, 6) is 0.246. The predicted octanol–water partition coefficient (Wildman–Crippen LogP) is 1.07. The van der Waals surface area contributed by atoms with Crippen LogP contribution < -0.4 is 4.74 Å². The van der Waals surface area contributed by atoms with Gasteiger partial charge in [0.1, 0.15) is 11.8 Å². The molecule has 90 valence electrons. The summed E-state index contributed by atoms with van der Waals surface area (Å²) in [4.78, 5) is 7.96. The average molecular weight is 226 g/mol. The van der Waals surface area contributed by atoms with E-state index in [-0.39, 0.29) is 11.6 Å². The Morgan fingerprint density at radius 2 is 1.88 bits per heavy atom. The van der Waals surface area contributed by atoms with E-state index in [2.05, 4.69) is 9.97 Å². The molecule has 16 heavy (non-hydrogen) atoms. The van der Waals surface area contributed by atoms with E-state index in [0.29, 0.717) is 12.8 Å². The first-order valence-corrected chi connectivity index (χ1v) is 5.34. The Morgan fingerprint density at radius 3 is 2.38 bits per heavy atom. The lowest BCUT2D eigenvalue weighted by molar-refractivity contribution is -0.0849. The Balaban J connectivity index is 3.08. The molecule has 0 radical (unpaired) electrons. The largest absolute Gasteiger partial charge is 0.480 e. The van der Waals surface area contributed by atoms with E-state index in [1.807, 2.05) is 13.8 Å². The van der Waals surface area contributed by atoms with Gasteiger partial charge in [-0.05, 0) is 12.8 Å². The maximum atomic E-state index is 10.2. The van der Waals surface area contributed by atoms with Gasteiger partial charge < -0.3 is 14.9 Å². The third kappa shape index (κ3) is 2.31. The molecule has 1 aromatic heterocycles. The van der Waals surface area contributed by atoms with Crippen molar-refractivity contribution in [1.82, 2.24) is 9.97 Å². The molecule has 1 aromatic rings. The van der Waals surface area contributed by atoms with Crippen LogP contribution in [-0.2, 0) is 0 Å². The summed E-state index contributed by atoms with van der Waals surface area (Å²) >= 11 is 0. The van der Waals surface area contributed by atoms with Crippen molar-refractivity contribution in [2.75, 3.05) is 7.11 Å². The van der Waals surface area contributed by atoms with E-state index < -0.39 is 11.7 Å². The van der Waals surface area contributed by atoms with Gasteiger partial charge in [-0.3, -0.25) is 4.98 Å². The van der Waals surface area contributed by atoms with Gasteiger partial charge in [-0.15, -0.1) is 0 Å². The number of aromatic nitrogens is 2. The van der Waals surface area contributed by atoms with Crippen molar-refractivity contribution < 1.29 is 14.9 Å². The van der Waals surface area contributed by atoms with Crippen molar-refractivity contribution in [3.8, 4) is 5.88 Å². The second-order valence-corrected chi connectivity index (χ2v) is 3.66. The summed E-state index contributed by atoms with van der Waals surface area (Å²) in [5, 5.41) is 20.3. The first-order valence-electron chi connectivity index (χ1n) is 5.34. The lowest BCUT2D eigenvalue weighted by Crippen LogP contribution is -2.35. The lowest BCUT2D eigenvalue weighted by atomic mass is 9.89. The van der Waals surface area contributed by atoms with E-state index in [1.165, 1.54) is 19.5 Å². The number of aliphatic hydroxyl groups excluding tert-OH is 1. The standard InChI is InChI=1S/C11H18N2O3/c1-4-11(15,5-2)9(14)8-10(16-3)13-7-6-12-8/h6-7,9,14-15H,4-5H2,1-3H3. The Labute approximate surface area is 95.1 Å². The van der Waals surface area contributed by atoms with Crippen LogP contribution in [0.1, 0.15) is 38.5 Å². The Morgan fingerprint density at radius 1 is 1.31 bits per heavy atom. The molecule has 0 aliphatic carbocycles. The van der Waals surface area contributed by atoms with Crippen molar-refractivity contribution in [1.29, 1.82) is 0 Å². The molecule has 5 heteroatoms. The summed E-state index contributed by atoms with van der Waals surface area (Å²) in [6.07, 6.45) is 2.72. The van der Waals surface area contributed by atoms with Crippen LogP contribution in [0.2, 0.25) is 0 Å². The number of nitrogens with zero attached hydrogens (tertiary/aromatic N) is 2. The van der Waals surface area contributed by atoms with Gasteiger partial charge in [0, 0.05) is 12.4 Å². The van der Waals surface area contributed by atoms with Crippen LogP contribution >= 0.6 is 0 Å². The van der Waals surface area contributed by atoms with Crippen LogP contribution in [0.4, 0.5) is 0 Å². The molecular formula is C11H18N2O3. The minimum atomic E-state index is -1.19. The first kappa shape index (κ1) is 12.9. The molecule has 1 unspecified atom stereocenters. The molecule has 0 amide bonds. The quantitative estimate of drug-likeness (QED) is 0.785. The number of rotatable bonds is 5. The zero-order valence-corrected chi connectivity index (χ0v) is 9.84. The van der Waals surface area contributed by atoms with Gasteiger partial charge in [-0.1, -0.05) is 13.8 Å². The molecular weight excluding hydrogens is 208 g/mol. The monoisotopic (exact) mass is 226 g/mol. The van der Waals surface area contributed by atoms with E-state index >= 15 is 0 Å². The summed E-state index contributed by atoms with van der Waals surface area (Å²) in [5.41, 5.74) is -0.917. The van der Waals surface area contributed by atoms with Crippen LogP contribution in [0, 0.1) is 0 Å². The molecule has 0 aliphatic heterocycles. The summed E-state index contributed by atoms with van der Waals surface area (Å²) < 4.78 is 5.01. The van der Waals surface area contributed by atoms with Crippen LogP contribution in [0.5, 0.6) is 5.88 Å². The van der Waals surface area contributed by atoms with Crippen LogP contribution in [0.3, 0.4) is 0 Å². The fraction of sp³-hybridized carbons (Fsp3) is 0.636. The molecule has 0 spiro atoms. The van der Waals surface area contributed by atoms with Gasteiger partial charge >= 0.3 is 0 Å². The fourth-order valence-electron chi connectivity index (χ4n) is 1.57. The maximum absolute atomic E-state index is 10.2. The lowest BCUT2D eigenvalue weighted by Gasteiger charge is -2.30. The Bertz CT molecular complexity index is 340. The van der Waals surface area contributed by atoms with Crippen molar-refractivity contribution >= 4 is 0 Å². The molecule has 5 nitrogen and oxygen atoms in total. The second-order valence-electron chi connectivity index (χ2n) is 3.66. The fourth-order valence-corrected chi connectivity index (χ4v) is 1.57. The Hall–Kier alpha value is -1.20. The molecule has 1 atom stereocenters. The number of aliphatic hydroxyl groups is 2. The third-order valence-electron chi connectivity index (χ3n) is 2.88. The minimum Gasteiger partial charge on any atom is -0.480 e. The summed E-state index contributed by atoms with van der Waals surface area (Å²) in [7, 11) is 1.46. The molecule has 0 aromatic carbocycles. The SMILES string of the molecule is CCC(O)(CC)C(O)c1nccnc1OC. The molecule has 0 fully saturated rings. The third-order valence-corrected chi connectivity index (χ3v) is 2.88. The average Bonchev–Trinajstić information content (AvgIpc) is 2.36. The first-order chi connectivity index (χ1) is 7.59. The van der Waals surface area contributed by atoms with Crippen LogP contribution in [0.25, 0.3) is 0 Å². The van der Waals surface area contributed by atoms with Gasteiger partial charge in [0.05, 0.1) is 12.7 Å². The highest BCUT2D eigenvalue weighted by Gasteiger charge is 2.36. The number of methoxy groups -OCH3 is 1. The Kier molecular flexibility index (Phi) is 4.20. The second kappa shape index (κ2) is 5.23. The van der Waals surface area contributed by atoms with Crippen LogP contribution in [0.15, 0.2) is 12.4 Å². The zero-order chi connectivity index (χ0) is 12.2.